The monoisotopic (exact) mass is 212 g/mol. The van der Waals surface area contributed by atoms with Gasteiger partial charge in [0.2, 0.25) is 0 Å². The van der Waals surface area contributed by atoms with Crippen molar-refractivity contribution in [1.82, 2.24) is 4.98 Å². The first-order valence-corrected chi connectivity index (χ1v) is 4.70. The lowest BCUT2D eigenvalue weighted by Gasteiger charge is -2.02. The van der Waals surface area contributed by atoms with Crippen molar-refractivity contribution in [1.29, 1.82) is 5.26 Å². The molecule has 4 nitrogen and oxygen atoms in total. The van der Waals surface area contributed by atoms with Crippen molar-refractivity contribution >= 4 is 16.9 Å². The Morgan fingerprint density at radius 1 is 1.44 bits per heavy atom. The summed E-state index contributed by atoms with van der Waals surface area (Å²) < 4.78 is 0. The van der Waals surface area contributed by atoms with E-state index in [1.807, 2.05) is 0 Å². The van der Waals surface area contributed by atoms with Crippen molar-refractivity contribution in [2.75, 3.05) is 0 Å². The van der Waals surface area contributed by atoms with Crippen LogP contribution in [0.25, 0.3) is 10.9 Å². The van der Waals surface area contributed by atoms with Crippen molar-refractivity contribution in [2.24, 2.45) is 0 Å². The number of aromatic nitrogens is 1. The van der Waals surface area contributed by atoms with Crippen LogP contribution in [0.1, 0.15) is 11.1 Å². The average Bonchev–Trinajstić information content (AvgIpc) is 2.27. The molecule has 0 radical (unpaired) electrons. The van der Waals surface area contributed by atoms with Gasteiger partial charge in [-0.25, -0.2) is 0 Å². The molecule has 4 heteroatoms. The third kappa shape index (κ3) is 1.84. The lowest BCUT2D eigenvalue weighted by Crippen LogP contribution is -2.00. The number of carboxylic acid groups (broad SMARTS) is 1. The number of rotatable bonds is 2. The first-order valence-electron chi connectivity index (χ1n) is 4.70. The summed E-state index contributed by atoms with van der Waals surface area (Å²) in [5.74, 6) is -0.887. The number of hydrogen-bond acceptors (Lipinski definition) is 3. The van der Waals surface area contributed by atoms with E-state index in [4.69, 9.17) is 10.4 Å². The predicted octanol–water partition coefficient (Wildman–Crippen LogP) is 1.73. The molecule has 78 valence electrons. The molecule has 16 heavy (non-hydrogen) atoms. The fourth-order valence-corrected chi connectivity index (χ4v) is 1.58. The van der Waals surface area contributed by atoms with E-state index in [2.05, 4.69) is 11.1 Å². The lowest BCUT2D eigenvalue weighted by molar-refractivity contribution is -0.136. The average molecular weight is 212 g/mol. The van der Waals surface area contributed by atoms with Gasteiger partial charge in [-0.05, 0) is 23.8 Å². The van der Waals surface area contributed by atoms with Crippen molar-refractivity contribution in [3.05, 3.63) is 41.6 Å². The number of carboxylic acids is 1. The highest BCUT2D eigenvalue weighted by atomic mass is 16.4. The zero-order chi connectivity index (χ0) is 11.5. The molecule has 0 aliphatic rings. The molecule has 0 unspecified atom stereocenters. The standard InChI is InChI=1S/C12H8N2O2/c13-7-9-3-4-14-11-2-1-8(5-10(9)11)6-12(15)16/h1-5H,6H2,(H,15,16). The highest BCUT2D eigenvalue weighted by Gasteiger charge is 2.05. The van der Waals surface area contributed by atoms with Crippen LogP contribution in [-0.2, 0) is 11.2 Å². The first-order chi connectivity index (χ1) is 7.70. The fourth-order valence-electron chi connectivity index (χ4n) is 1.58. The van der Waals surface area contributed by atoms with Crippen LogP contribution >= 0.6 is 0 Å². The molecule has 0 saturated heterocycles. The largest absolute Gasteiger partial charge is 0.481 e. The molecule has 1 N–H and O–H groups in total. The van der Waals surface area contributed by atoms with Gasteiger partial charge in [0, 0.05) is 11.6 Å². The molecule has 1 heterocycles. The highest BCUT2D eigenvalue weighted by Crippen LogP contribution is 2.18. The molecule has 0 aliphatic heterocycles. The van der Waals surface area contributed by atoms with E-state index in [1.165, 1.54) is 0 Å². The summed E-state index contributed by atoms with van der Waals surface area (Å²) in [6.07, 6.45) is 1.52. The summed E-state index contributed by atoms with van der Waals surface area (Å²) in [7, 11) is 0. The lowest BCUT2D eigenvalue weighted by atomic mass is 10.1. The Kier molecular flexibility index (Phi) is 2.52. The molecule has 0 spiro atoms. The molecule has 1 aromatic carbocycles. The SMILES string of the molecule is N#Cc1ccnc2ccc(CC(=O)O)cc12. The zero-order valence-corrected chi connectivity index (χ0v) is 8.34. The summed E-state index contributed by atoms with van der Waals surface area (Å²) in [4.78, 5) is 14.7. The van der Waals surface area contributed by atoms with Crippen molar-refractivity contribution in [3.8, 4) is 6.07 Å². The third-order valence-electron chi connectivity index (χ3n) is 2.28. The number of nitriles is 1. The van der Waals surface area contributed by atoms with Crippen LogP contribution in [0.15, 0.2) is 30.5 Å². The summed E-state index contributed by atoms with van der Waals surface area (Å²) in [5.41, 5.74) is 1.88. The Bertz CT molecular complexity index is 599. The minimum atomic E-state index is -0.887. The van der Waals surface area contributed by atoms with Crippen LogP contribution in [0.5, 0.6) is 0 Å². The highest BCUT2D eigenvalue weighted by molar-refractivity contribution is 5.85. The molecule has 1 aromatic heterocycles. The molecule has 0 saturated carbocycles. The van der Waals surface area contributed by atoms with E-state index in [9.17, 15) is 4.79 Å². The maximum absolute atomic E-state index is 10.6. The fraction of sp³-hybridized carbons (Fsp3) is 0.0833. The van der Waals surface area contributed by atoms with Gasteiger partial charge in [0.15, 0.2) is 0 Å². The van der Waals surface area contributed by atoms with Gasteiger partial charge in [-0.2, -0.15) is 5.26 Å². The maximum atomic E-state index is 10.6. The Morgan fingerprint density at radius 3 is 2.94 bits per heavy atom. The second-order valence-electron chi connectivity index (χ2n) is 3.39. The van der Waals surface area contributed by atoms with Gasteiger partial charge >= 0.3 is 5.97 Å². The van der Waals surface area contributed by atoms with Crippen LogP contribution in [0.4, 0.5) is 0 Å². The topological polar surface area (TPSA) is 74.0 Å². The number of hydrogen-bond donors (Lipinski definition) is 1. The second kappa shape index (κ2) is 3.99. The van der Waals surface area contributed by atoms with E-state index in [0.29, 0.717) is 22.0 Å². The molecule has 2 rings (SSSR count). The Hall–Kier alpha value is -2.41. The van der Waals surface area contributed by atoms with Gasteiger partial charge in [0.25, 0.3) is 0 Å². The smallest absolute Gasteiger partial charge is 0.307 e. The van der Waals surface area contributed by atoms with E-state index < -0.39 is 5.97 Å². The summed E-state index contributed by atoms with van der Waals surface area (Å²) in [6, 6.07) is 8.83. The number of pyridine rings is 1. The summed E-state index contributed by atoms with van der Waals surface area (Å²) in [5, 5.41) is 18.3. The number of aliphatic carboxylic acids is 1. The predicted molar refractivity (Wildman–Crippen MR) is 57.8 cm³/mol. The molecule has 0 aliphatic carbocycles. The maximum Gasteiger partial charge on any atom is 0.307 e. The van der Waals surface area contributed by atoms with Crippen molar-refractivity contribution in [3.63, 3.8) is 0 Å². The van der Waals surface area contributed by atoms with Crippen LogP contribution in [0.3, 0.4) is 0 Å². The normalized spacial score (nSPS) is 9.94. The number of fused-ring (bicyclic) bond motifs is 1. The zero-order valence-electron chi connectivity index (χ0n) is 8.34. The molecule has 0 amide bonds. The summed E-state index contributed by atoms with van der Waals surface area (Å²) in [6.45, 7) is 0. The van der Waals surface area contributed by atoms with Crippen LogP contribution in [-0.4, -0.2) is 16.1 Å². The van der Waals surface area contributed by atoms with Gasteiger partial charge in [-0.1, -0.05) is 6.07 Å². The molecular formula is C12H8N2O2. The van der Waals surface area contributed by atoms with Gasteiger partial charge in [-0.15, -0.1) is 0 Å². The minimum absolute atomic E-state index is 0.0459. The van der Waals surface area contributed by atoms with Crippen molar-refractivity contribution in [2.45, 2.75) is 6.42 Å². The van der Waals surface area contributed by atoms with Crippen molar-refractivity contribution < 1.29 is 9.90 Å². The molecule has 0 atom stereocenters. The second-order valence-corrected chi connectivity index (χ2v) is 3.39. The quantitative estimate of drug-likeness (QED) is 0.822. The van der Waals surface area contributed by atoms with Gasteiger partial charge in [0.1, 0.15) is 0 Å². The van der Waals surface area contributed by atoms with Gasteiger partial charge in [0.05, 0.1) is 23.6 Å². The van der Waals surface area contributed by atoms with Gasteiger partial charge < -0.3 is 5.11 Å². The van der Waals surface area contributed by atoms with Crippen LogP contribution in [0, 0.1) is 11.3 Å². The van der Waals surface area contributed by atoms with E-state index in [1.54, 1.807) is 30.5 Å². The number of nitrogens with zero attached hydrogens (tertiary/aromatic N) is 2. The van der Waals surface area contributed by atoms with E-state index in [-0.39, 0.29) is 6.42 Å². The molecular weight excluding hydrogens is 204 g/mol. The molecule has 0 bridgehead atoms. The first kappa shape index (κ1) is 10.1. The Balaban J connectivity index is 2.60. The number of carbonyl (C=O) groups is 1. The van der Waals surface area contributed by atoms with E-state index >= 15 is 0 Å². The molecule has 0 fully saturated rings. The van der Waals surface area contributed by atoms with Gasteiger partial charge in [-0.3, -0.25) is 9.78 Å². The molecule has 2 aromatic rings. The third-order valence-corrected chi connectivity index (χ3v) is 2.28. The Morgan fingerprint density at radius 2 is 2.25 bits per heavy atom. The van der Waals surface area contributed by atoms with Crippen LogP contribution in [0.2, 0.25) is 0 Å². The Labute approximate surface area is 91.8 Å². The van der Waals surface area contributed by atoms with Crippen LogP contribution < -0.4 is 0 Å². The number of benzene rings is 1. The minimum Gasteiger partial charge on any atom is -0.481 e. The summed E-state index contributed by atoms with van der Waals surface area (Å²) >= 11 is 0. The van der Waals surface area contributed by atoms with E-state index in [0.717, 1.165) is 0 Å².